The Bertz CT molecular complexity index is 1160. The number of thiazole rings is 1. The zero-order valence-corrected chi connectivity index (χ0v) is 18.9. The number of ether oxygens (including phenoxy) is 1. The molecule has 5 rings (SSSR count). The molecule has 0 amide bonds. The smallest absolute Gasteiger partial charge is 0.181 e. The lowest BCUT2D eigenvalue weighted by molar-refractivity contribution is 0.363. The lowest BCUT2D eigenvalue weighted by Crippen LogP contribution is -1.99. The molecule has 31 heavy (non-hydrogen) atoms. The average Bonchev–Trinajstić information content (AvgIpc) is 3.35. The number of hydrogen-bond acceptors (Lipinski definition) is 5. The van der Waals surface area contributed by atoms with Crippen LogP contribution in [0, 0.1) is 5.92 Å². The van der Waals surface area contributed by atoms with E-state index < -0.39 is 0 Å². The number of fused-ring (bicyclic) bond motifs is 2. The van der Waals surface area contributed by atoms with Gasteiger partial charge in [-0.25, -0.2) is 9.97 Å². The largest absolute Gasteiger partial charge is 0.489 e. The maximum absolute atomic E-state index is 5.78. The van der Waals surface area contributed by atoms with Crippen molar-refractivity contribution in [1.82, 2.24) is 14.4 Å². The summed E-state index contributed by atoms with van der Waals surface area (Å²) in [6.45, 7) is 6.50. The van der Waals surface area contributed by atoms with Crippen LogP contribution >= 0.6 is 11.3 Å². The lowest BCUT2D eigenvalue weighted by atomic mass is 9.91. The molecule has 1 aliphatic carbocycles. The molecular formula is C25H30N4OS. The first-order valence-corrected chi connectivity index (χ1v) is 11.8. The molecule has 5 nitrogen and oxygen atoms in total. The standard InChI is InChI=1S/C18H16N4OS.C7H14/c1-2-7-23-14-5-6-22-13(11-20-17(22)10-14)8-12-3-4-15-16(9-12)24-18(19)21-15;1-7-5-3-2-4-6-7/h2-6,9-11H,1,7-8H2,(H2,19,21);7H,2-6H2,1H3. The van der Waals surface area contributed by atoms with Gasteiger partial charge in [-0.1, -0.05) is 69.1 Å². The number of benzene rings is 1. The Kier molecular flexibility index (Phi) is 6.87. The van der Waals surface area contributed by atoms with Crippen molar-refractivity contribution in [2.24, 2.45) is 5.92 Å². The minimum absolute atomic E-state index is 0.488. The van der Waals surface area contributed by atoms with E-state index >= 15 is 0 Å². The van der Waals surface area contributed by atoms with E-state index in [1.54, 1.807) is 6.08 Å². The number of pyridine rings is 1. The summed E-state index contributed by atoms with van der Waals surface area (Å²) >= 11 is 1.51. The molecule has 1 saturated carbocycles. The van der Waals surface area contributed by atoms with Gasteiger partial charge in [0.2, 0.25) is 0 Å². The van der Waals surface area contributed by atoms with Crippen molar-refractivity contribution < 1.29 is 4.74 Å². The van der Waals surface area contributed by atoms with Gasteiger partial charge in [-0.3, -0.25) is 0 Å². The van der Waals surface area contributed by atoms with Crippen LogP contribution in [0.4, 0.5) is 5.13 Å². The zero-order valence-electron chi connectivity index (χ0n) is 18.1. The van der Waals surface area contributed by atoms with E-state index in [1.807, 2.05) is 30.6 Å². The number of nitrogen functional groups attached to an aromatic ring is 1. The second-order valence-corrected chi connectivity index (χ2v) is 9.28. The van der Waals surface area contributed by atoms with Gasteiger partial charge >= 0.3 is 0 Å². The van der Waals surface area contributed by atoms with E-state index in [-0.39, 0.29) is 0 Å². The van der Waals surface area contributed by atoms with Crippen LogP contribution in [0.2, 0.25) is 0 Å². The zero-order chi connectivity index (χ0) is 21.6. The first kappa shape index (κ1) is 21.4. The number of rotatable bonds is 5. The van der Waals surface area contributed by atoms with Gasteiger partial charge in [-0.15, -0.1) is 0 Å². The Hall–Kier alpha value is -2.86. The van der Waals surface area contributed by atoms with E-state index in [1.165, 1.54) is 49.0 Å². The van der Waals surface area contributed by atoms with Gasteiger partial charge in [0.1, 0.15) is 18.0 Å². The molecule has 0 unspecified atom stereocenters. The molecule has 0 bridgehead atoms. The molecule has 1 fully saturated rings. The maximum Gasteiger partial charge on any atom is 0.181 e. The molecule has 1 aromatic carbocycles. The number of nitrogens with zero attached hydrogens (tertiary/aromatic N) is 3. The second kappa shape index (κ2) is 9.96. The Balaban J connectivity index is 0.000000282. The SMILES string of the molecule is C=CCOc1ccn2c(Cc3ccc4nc(N)sc4c3)cnc2c1.CC1CCCCC1. The first-order valence-electron chi connectivity index (χ1n) is 11.0. The van der Waals surface area contributed by atoms with Crippen LogP contribution < -0.4 is 10.5 Å². The molecular weight excluding hydrogens is 404 g/mol. The van der Waals surface area contributed by atoms with Crippen LogP contribution in [0.3, 0.4) is 0 Å². The predicted molar refractivity (Wildman–Crippen MR) is 130 cm³/mol. The molecule has 0 aliphatic heterocycles. The molecule has 0 spiro atoms. The highest BCUT2D eigenvalue weighted by Gasteiger charge is 2.08. The van der Waals surface area contributed by atoms with Crippen LogP contribution in [-0.2, 0) is 6.42 Å². The molecule has 1 aliphatic rings. The summed E-state index contributed by atoms with van der Waals surface area (Å²) in [5.74, 6) is 1.83. The Morgan fingerprint density at radius 1 is 1.23 bits per heavy atom. The summed E-state index contributed by atoms with van der Waals surface area (Å²) in [4.78, 5) is 8.77. The fourth-order valence-corrected chi connectivity index (χ4v) is 4.80. The van der Waals surface area contributed by atoms with Crippen LogP contribution in [0.15, 0.2) is 55.4 Å². The van der Waals surface area contributed by atoms with Crippen molar-refractivity contribution in [1.29, 1.82) is 0 Å². The monoisotopic (exact) mass is 434 g/mol. The van der Waals surface area contributed by atoms with Gasteiger partial charge in [-0.05, 0) is 29.7 Å². The predicted octanol–water partition coefficient (Wildman–Crippen LogP) is 6.27. The number of hydrogen-bond donors (Lipinski definition) is 1. The first-order chi connectivity index (χ1) is 15.1. The topological polar surface area (TPSA) is 65.4 Å². The third-order valence-electron chi connectivity index (χ3n) is 5.68. The van der Waals surface area contributed by atoms with Gasteiger partial charge in [0.05, 0.1) is 10.2 Å². The summed E-state index contributed by atoms with van der Waals surface area (Å²) in [5.41, 5.74) is 9.92. The van der Waals surface area contributed by atoms with Gasteiger partial charge in [0.15, 0.2) is 5.13 Å². The average molecular weight is 435 g/mol. The molecule has 4 aromatic rings. The Morgan fingerprint density at radius 2 is 2.06 bits per heavy atom. The fourth-order valence-electron chi connectivity index (χ4n) is 4.00. The van der Waals surface area contributed by atoms with E-state index in [9.17, 15) is 0 Å². The van der Waals surface area contributed by atoms with Gasteiger partial charge < -0.3 is 14.9 Å². The van der Waals surface area contributed by atoms with Crippen molar-refractivity contribution >= 4 is 32.3 Å². The van der Waals surface area contributed by atoms with Crippen LogP contribution in [0.25, 0.3) is 15.9 Å². The van der Waals surface area contributed by atoms with E-state index in [0.717, 1.165) is 39.6 Å². The molecule has 0 atom stereocenters. The molecule has 2 N–H and O–H groups in total. The summed E-state index contributed by atoms with van der Waals surface area (Å²) in [6.07, 6.45) is 13.8. The van der Waals surface area contributed by atoms with Gasteiger partial charge in [-0.2, -0.15) is 0 Å². The maximum atomic E-state index is 5.78. The van der Waals surface area contributed by atoms with E-state index in [4.69, 9.17) is 10.5 Å². The van der Waals surface area contributed by atoms with Crippen LogP contribution in [0.5, 0.6) is 5.75 Å². The van der Waals surface area contributed by atoms with Gasteiger partial charge in [0, 0.05) is 30.6 Å². The van der Waals surface area contributed by atoms with Crippen molar-refractivity contribution in [2.75, 3.05) is 12.3 Å². The fraction of sp³-hybridized carbons (Fsp3) is 0.360. The molecule has 0 saturated heterocycles. The second-order valence-electron chi connectivity index (χ2n) is 8.21. The summed E-state index contributed by atoms with van der Waals surface area (Å²) in [7, 11) is 0. The van der Waals surface area contributed by atoms with Crippen LogP contribution in [-0.4, -0.2) is 21.0 Å². The third kappa shape index (κ3) is 5.44. The molecule has 0 radical (unpaired) electrons. The number of nitrogens with two attached hydrogens (primary N) is 1. The molecule has 6 heteroatoms. The van der Waals surface area contributed by atoms with Gasteiger partial charge in [0.25, 0.3) is 0 Å². The number of imidazole rings is 1. The van der Waals surface area contributed by atoms with E-state index in [2.05, 4.69) is 40.0 Å². The Labute approximate surface area is 187 Å². The molecule has 162 valence electrons. The van der Waals surface area contributed by atoms with Crippen molar-refractivity contribution in [3.8, 4) is 5.75 Å². The highest BCUT2D eigenvalue weighted by atomic mass is 32.1. The van der Waals surface area contributed by atoms with E-state index in [0.29, 0.717) is 11.7 Å². The van der Waals surface area contributed by atoms with Crippen molar-refractivity contribution in [3.05, 3.63) is 66.6 Å². The minimum Gasteiger partial charge on any atom is -0.489 e. The number of anilines is 1. The lowest BCUT2D eigenvalue weighted by Gasteiger charge is -2.15. The summed E-state index contributed by atoms with van der Waals surface area (Å²) in [5, 5.41) is 0.601. The highest BCUT2D eigenvalue weighted by molar-refractivity contribution is 7.22. The van der Waals surface area contributed by atoms with Crippen molar-refractivity contribution in [3.63, 3.8) is 0 Å². The summed E-state index contributed by atoms with van der Waals surface area (Å²) in [6, 6.07) is 10.1. The molecule has 3 aromatic heterocycles. The quantitative estimate of drug-likeness (QED) is 0.376. The van der Waals surface area contributed by atoms with Crippen molar-refractivity contribution in [2.45, 2.75) is 45.4 Å². The minimum atomic E-state index is 0.488. The Morgan fingerprint density at radius 3 is 2.81 bits per heavy atom. The molecule has 3 heterocycles. The normalized spacial score (nSPS) is 14.4. The summed E-state index contributed by atoms with van der Waals surface area (Å²) < 4.78 is 8.74. The number of aromatic nitrogens is 3. The highest BCUT2D eigenvalue weighted by Crippen LogP contribution is 2.26. The van der Waals surface area contributed by atoms with Crippen LogP contribution in [0.1, 0.15) is 50.3 Å². The third-order valence-corrected chi connectivity index (χ3v) is 6.52.